The Balaban J connectivity index is 1.24. The van der Waals surface area contributed by atoms with Gasteiger partial charge in [0.1, 0.15) is 16.9 Å². The van der Waals surface area contributed by atoms with E-state index < -0.39 is 0 Å². The normalized spacial score (nSPS) is 24.5. The van der Waals surface area contributed by atoms with Crippen LogP contribution in [0.5, 0.6) is 5.75 Å². The van der Waals surface area contributed by atoms with Crippen LogP contribution in [0.2, 0.25) is 0 Å². The number of methoxy groups -OCH3 is 1. The summed E-state index contributed by atoms with van der Waals surface area (Å²) in [6, 6.07) is 20.0. The van der Waals surface area contributed by atoms with E-state index in [1.165, 1.54) is 30.4 Å². The van der Waals surface area contributed by atoms with Gasteiger partial charge in [0, 0.05) is 42.8 Å². The van der Waals surface area contributed by atoms with Crippen molar-refractivity contribution in [3.8, 4) is 17.3 Å². The highest BCUT2D eigenvalue weighted by molar-refractivity contribution is 6.01. The van der Waals surface area contributed by atoms with Gasteiger partial charge in [-0.25, -0.2) is 9.97 Å². The highest BCUT2D eigenvalue weighted by Crippen LogP contribution is 2.58. The molecular formula is C34H34N6O2. The van der Waals surface area contributed by atoms with E-state index in [4.69, 9.17) is 14.7 Å². The van der Waals surface area contributed by atoms with Crippen LogP contribution in [0.1, 0.15) is 53.6 Å². The second-order valence-corrected chi connectivity index (χ2v) is 12.6. The molecular weight excluding hydrogens is 524 g/mol. The number of amides is 1. The molecule has 0 radical (unpaired) electrons. The first-order chi connectivity index (χ1) is 20.6. The predicted molar refractivity (Wildman–Crippen MR) is 162 cm³/mol. The molecule has 3 aromatic heterocycles. The number of ether oxygens (including phenoxy) is 1. The Labute approximate surface area is 244 Å². The maximum Gasteiger partial charge on any atom is 0.254 e. The van der Waals surface area contributed by atoms with Crippen LogP contribution in [0, 0.1) is 0 Å². The minimum absolute atomic E-state index is 0.0755. The third-order valence-corrected chi connectivity index (χ3v) is 10.1. The van der Waals surface area contributed by atoms with Crippen LogP contribution in [-0.4, -0.2) is 61.2 Å². The Morgan fingerprint density at radius 2 is 1.93 bits per heavy atom. The molecule has 5 aromatic rings. The summed E-state index contributed by atoms with van der Waals surface area (Å²) in [6.45, 7) is 2.33. The molecule has 1 spiro atoms. The van der Waals surface area contributed by atoms with E-state index in [-0.39, 0.29) is 11.4 Å². The Hall–Kier alpha value is -4.17. The molecule has 0 unspecified atom stereocenters. The molecule has 9 rings (SSSR count). The van der Waals surface area contributed by atoms with Crippen LogP contribution in [0.4, 0.5) is 0 Å². The van der Waals surface area contributed by atoms with Gasteiger partial charge in [-0.05, 0) is 67.1 Å². The zero-order valence-corrected chi connectivity index (χ0v) is 23.8. The van der Waals surface area contributed by atoms with Gasteiger partial charge in [0.15, 0.2) is 5.82 Å². The van der Waals surface area contributed by atoms with Crippen molar-refractivity contribution in [2.24, 2.45) is 0 Å². The van der Waals surface area contributed by atoms with Gasteiger partial charge in [0.25, 0.3) is 5.91 Å². The van der Waals surface area contributed by atoms with E-state index in [9.17, 15) is 4.79 Å². The number of pyridine rings is 1. The maximum atomic E-state index is 13.8. The van der Waals surface area contributed by atoms with Gasteiger partial charge in [-0.3, -0.25) is 4.79 Å². The fourth-order valence-corrected chi connectivity index (χ4v) is 7.76. The van der Waals surface area contributed by atoms with E-state index in [1.54, 1.807) is 7.11 Å². The van der Waals surface area contributed by atoms with Gasteiger partial charge in [-0.1, -0.05) is 37.1 Å². The second-order valence-electron chi connectivity index (χ2n) is 12.6. The van der Waals surface area contributed by atoms with Gasteiger partial charge >= 0.3 is 0 Å². The molecule has 8 nitrogen and oxygen atoms in total. The van der Waals surface area contributed by atoms with E-state index in [0.29, 0.717) is 29.9 Å². The van der Waals surface area contributed by atoms with Crippen molar-refractivity contribution in [2.75, 3.05) is 13.7 Å². The highest BCUT2D eigenvalue weighted by atomic mass is 16.5. The molecule has 8 heteroatoms. The van der Waals surface area contributed by atoms with Crippen molar-refractivity contribution >= 4 is 28.0 Å². The van der Waals surface area contributed by atoms with Crippen molar-refractivity contribution in [2.45, 2.75) is 69.2 Å². The van der Waals surface area contributed by atoms with Crippen LogP contribution in [0.3, 0.4) is 0 Å². The number of aromatic nitrogens is 4. The Morgan fingerprint density at radius 1 is 1.02 bits per heavy atom. The van der Waals surface area contributed by atoms with Crippen molar-refractivity contribution in [3.05, 3.63) is 77.5 Å². The lowest BCUT2D eigenvalue weighted by Crippen LogP contribution is -2.35. The third-order valence-electron chi connectivity index (χ3n) is 10.1. The molecule has 6 heterocycles. The average Bonchev–Trinajstić information content (AvgIpc) is 3.78. The van der Waals surface area contributed by atoms with Crippen LogP contribution < -0.4 is 10.1 Å². The molecule has 1 aliphatic carbocycles. The fourth-order valence-electron chi connectivity index (χ4n) is 7.76. The minimum Gasteiger partial charge on any atom is -0.494 e. The lowest BCUT2D eigenvalue weighted by molar-refractivity contribution is 0.0757. The molecule has 1 amide bonds. The van der Waals surface area contributed by atoms with Gasteiger partial charge in [-0.15, -0.1) is 0 Å². The van der Waals surface area contributed by atoms with E-state index >= 15 is 0 Å². The lowest BCUT2D eigenvalue weighted by Gasteiger charge is -2.20. The number of hydrogen-bond acceptors (Lipinski definition) is 5. The molecule has 3 atom stereocenters. The second kappa shape index (κ2) is 8.91. The van der Waals surface area contributed by atoms with Crippen molar-refractivity contribution < 1.29 is 9.53 Å². The van der Waals surface area contributed by atoms with Crippen LogP contribution >= 0.6 is 0 Å². The van der Waals surface area contributed by atoms with Gasteiger partial charge in [0.05, 0.1) is 29.9 Å². The third kappa shape index (κ3) is 3.60. The molecule has 2 aromatic carbocycles. The molecule has 42 heavy (non-hydrogen) atoms. The van der Waals surface area contributed by atoms with Crippen molar-refractivity contribution in [3.63, 3.8) is 0 Å². The topological polar surface area (TPSA) is 87.1 Å². The number of piperidine rings is 1. The zero-order valence-electron chi connectivity index (χ0n) is 23.8. The Bertz CT molecular complexity index is 1910. The number of rotatable bonds is 2. The number of fused-ring (bicyclic) bond motifs is 9. The number of nitrogens with zero attached hydrogens (tertiary/aromatic N) is 5. The fraction of sp³-hybridized carbons (Fsp3) is 0.382. The Kier molecular flexibility index (Phi) is 5.19. The number of likely N-dealkylation sites (tertiary alicyclic amines) is 1. The van der Waals surface area contributed by atoms with Crippen LogP contribution in [0.25, 0.3) is 33.6 Å². The molecule has 2 saturated heterocycles. The summed E-state index contributed by atoms with van der Waals surface area (Å²) >= 11 is 0. The number of benzene rings is 2. The molecule has 1 saturated carbocycles. The molecule has 3 aliphatic heterocycles. The van der Waals surface area contributed by atoms with Gasteiger partial charge < -0.3 is 24.1 Å². The van der Waals surface area contributed by atoms with Crippen molar-refractivity contribution in [1.82, 2.24) is 29.3 Å². The first-order valence-corrected chi connectivity index (χ1v) is 15.3. The number of hydrogen-bond donors (Lipinski definition) is 1. The number of piperazine rings is 1. The summed E-state index contributed by atoms with van der Waals surface area (Å²) in [5, 5.41) is 4.67. The van der Waals surface area contributed by atoms with Gasteiger partial charge in [0.2, 0.25) is 0 Å². The van der Waals surface area contributed by atoms with E-state index in [2.05, 4.69) is 55.7 Å². The summed E-state index contributed by atoms with van der Waals surface area (Å²) in [5.41, 5.74) is 7.22. The number of carbonyl (C=O) groups is 1. The molecule has 1 N–H and O–H groups in total. The Morgan fingerprint density at radius 3 is 2.79 bits per heavy atom. The smallest absolute Gasteiger partial charge is 0.254 e. The summed E-state index contributed by atoms with van der Waals surface area (Å²) in [4.78, 5) is 25.9. The predicted octanol–water partition coefficient (Wildman–Crippen LogP) is 5.17. The quantitative estimate of drug-likeness (QED) is 0.302. The van der Waals surface area contributed by atoms with E-state index in [0.717, 1.165) is 65.9 Å². The van der Waals surface area contributed by atoms with Gasteiger partial charge in [-0.2, -0.15) is 0 Å². The summed E-state index contributed by atoms with van der Waals surface area (Å²) in [6.07, 6.45) is 8.71. The molecule has 4 aliphatic rings. The van der Waals surface area contributed by atoms with E-state index in [1.807, 2.05) is 24.4 Å². The number of nitrogens with one attached hydrogen (secondary N) is 1. The maximum absolute atomic E-state index is 13.8. The standard InChI is InChI=1S/C34H34N6O2/c1-42-27-17-24(33(41)39-20-28-34(37-28)18-29(34)39)15-25-30(27)40-19-22-10-6-9-21(14-22)8-4-2-3-5-13-38-26(32(40)36-25)16-23-11-7-12-35-31(23)38/h6-7,9-12,14-17,28-29,37H,2-5,8,13,18-20H2,1H3/t28-,29-,34+/m1/s1. The molecule has 2 bridgehead atoms. The number of carbonyl (C=O) groups excluding carboxylic acids is 1. The van der Waals surface area contributed by atoms with Crippen LogP contribution in [-0.2, 0) is 19.5 Å². The monoisotopic (exact) mass is 558 g/mol. The number of aryl methyl sites for hydroxylation is 2. The molecule has 3 fully saturated rings. The first kappa shape index (κ1) is 24.4. The van der Waals surface area contributed by atoms with Crippen LogP contribution in [0.15, 0.2) is 60.8 Å². The summed E-state index contributed by atoms with van der Waals surface area (Å²) in [7, 11) is 1.69. The highest BCUT2D eigenvalue weighted by Gasteiger charge is 2.78. The lowest BCUT2D eigenvalue weighted by atomic mass is 10.0. The zero-order chi connectivity index (χ0) is 28.0. The first-order valence-electron chi connectivity index (χ1n) is 15.3. The minimum atomic E-state index is 0.0755. The largest absolute Gasteiger partial charge is 0.494 e. The summed E-state index contributed by atoms with van der Waals surface area (Å²) in [5.74, 6) is 1.63. The number of imidazole rings is 1. The molecule has 212 valence electrons. The summed E-state index contributed by atoms with van der Waals surface area (Å²) < 4.78 is 10.6. The SMILES string of the molecule is COc1cc(C(=O)N2C[C@H]3N[C@@]34C[C@@H]24)cc2nc3n(c12)Cc1cccc(c1)CCCCCCn1c-3cc2cccnc21. The van der Waals surface area contributed by atoms with Crippen molar-refractivity contribution in [1.29, 1.82) is 0 Å². The average molecular weight is 559 g/mol.